The second-order valence-corrected chi connectivity index (χ2v) is 3.93. The normalized spacial score (nSPS) is 10.5. The number of para-hydroxylation sites is 1. The summed E-state index contributed by atoms with van der Waals surface area (Å²) in [5, 5.41) is 4.18. The molecule has 17 heavy (non-hydrogen) atoms. The third-order valence-corrected chi connectivity index (χ3v) is 2.65. The van der Waals surface area contributed by atoms with Gasteiger partial charge < -0.3 is 10.5 Å². The summed E-state index contributed by atoms with van der Waals surface area (Å²) in [6.07, 6.45) is 0. The molecule has 1 aromatic carbocycles. The molecule has 0 fully saturated rings. The van der Waals surface area contributed by atoms with Gasteiger partial charge in [-0.1, -0.05) is 18.2 Å². The Morgan fingerprint density at radius 3 is 2.82 bits per heavy atom. The van der Waals surface area contributed by atoms with Crippen molar-refractivity contribution in [3.8, 4) is 5.75 Å². The van der Waals surface area contributed by atoms with Crippen LogP contribution in [0.1, 0.15) is 18.2 Å². The fraction of sp³-hybridized carbons (Fsp3) is 0.308. The highest BCUT2D eigenvalue weighted by Crippen LogP contribution is 2.18. The molecule has 0 atom stereocenters. The van der Waals surface area contributed by atoms with E-state index in [1.807, 2.05) is 48.9 Å². The molecule has 0 aliphatic rings. The zero-order chi connectivity index (χ0) is 12.3. The number of hydrogen-bond donors (Lipinski definition) is 1. The second kappa shape index (κ2) is 4.91. The zero-order valence-electron chi connectivity index (χ0n) is 10.2. The number of hydrogen-bond acceptors (Lipinski definition) is 3. The summed E-state index contributed by atoms with van der Waals surface area (Å²) >= 11 is 0. The number of anilines is 1. The first-order valence-corrected chi connectivity index (χ1v) is 5.71. The van der Waals surface area contributed by atoms with Gasteiger partial charge in [-0.25, -0.2) is 0 Å². The van der Waals surface area contributed by atoms with Crippen LogP contribution in [0.15, 0.2) is 30.3 Å². The fourth-order valence-corrected chi connectivity index (χ4v) is 1.74. The van der Waals surface area contributed by atoms with E-state index in [2.05, 4.69) is 5.10 Å². The lowest BCUT2D eigenvalue weighted by molar-refractivity contribution is 0.290. The summed E-state index contributed by atoms with van der Waals surface area (Å²) in [5.41, 5.74) is 7.79. The van der Waals surface area contributed by atoms with Gasteiger partial charge in [0.05, 0.1) is 5.69 Å². The molecule has 0 unspecified atom stereocenters. The van der Waals surface area contributed by atoms with Crippen LogP contribution in [-0.4, -0.2) is 9.78 Å². The van der Waals surface area contributed by atoms with E-state index in [0.717, 1.165) is 23.6 Å². The molecule has 0 radical (unpaired) electrons. The molecule has 4 heteroatoms. The molecule has 0 bridgehead atoms. The molecule has 2 N–H and O–H groups in total. The minimum atomic E-state index is 0.489. The second-order valence-electron chi connectivity index (χ2n) is 3.93. The summed E-state index contributed by atoms with van der Waals surface area (Å²) in [4.78, 5) is 0. The Morgan fingerprint density at radius 2 is 2.12 bits per heavy atom. The first-order valence-electron chi connectivity index (χ1n) is 5.71. The van der Waals surface area contributed by atoms with E-state index in [1.54, 1.807) is 0 Å². The summed E-state index contributed by atoms with van der Waals surface area (Å²) in [6.45, 7) is 5.34. The van der Waals surface area contributed by atoms with E-state index in [4.69, 9.17) is 10.5 Å². The van der Waals surface area contributed by atoms with Crippen molar-refractivity contribution in [1.82, 2.24) is 9.78 Å². The van der Waals surface area contributed by atoms with Crippen LogP contribution in [0, 0.1) is 6.92 Å². The molecule has 0 saturated heterocycles. The number of aryl methyl sites for hydroxylation is 2. The molecule has 0 spiro atoms. The molecule has 2 rings (SSSR count). The lowest BCUT2D eigenvalue weighted by Gasteiger charge is -2.09. The van der Waals surface area contributed by atoms with Crippen molar-refractivity contribution in [3.05, 3.63) is 41.6 Å². The molecule has 0 amide bonds. The van der Waals surface area contributed by atoms with E-state index in [1.165, 1.54) is 0 Å². The highest BCUT2D eigenvalue weighted by Gasteiger charge is 2.06. The summed E-state index contributed by atoms with van der Waals surface area (Å²) < 4.78 is 7.62. The van der Waals surface area contributed by atoms with Gasteiger partial charge in [0, 0.05) is 12.6 Å². The number of rotatable bonds is 4. The monoisotopic (exact) mass is 231 g/mol. The van der Waals surface area contributed by atoms with Gasteiger partial charge in [0.1, 0.15) is 18.2 Å². The Kier molecular flexibility index (Phi) is 3.32. The van der Waals surface area contributed by atoms with Gasteiger partial charge in [-0.05, 0) is 25.5 Å². The molecule has 1 heterocycles. The van der Waals surface area contributed by atoms with Crippen LogP contribution in [0.2, 0.25) is 0 Å². The number of benzene rings is 1. The van der Waals surface area contributed by atoms with Crippen molar-refractivity contribution in [1.29, 1.82) is 0 Å². The predicted molar refractivity (Wildman–Crippen MR) is 67.8 cm³/mol. The standard InChI is InChI=1S/C13H17N3O/c1-3-16-11(8-13(14)15-16)9-17-12-7-5-4-6-10(12)2/h4-8H,3,9H2,1-2H3,(H2,14,15). The molecule has 0 saturated carbocycles. The minimum absolute atomic E-state index is 0.489. The van der Waals surface area contributed by atoms with E-state index in [9.17, 15) is 0 Å². The van der Waals surface area contributed by atoms with E-state index >= 15 is 0 Å². The number of aromatic nitrogens is 2. The molecule has 0 aliphatic heterocycles. The Bertz CT molecular complexity index is 505. The lowest BCUT2D eigenvalue weighted by Crippen LogP contribution is -2.06. The Labute approximate surface area is 101 Å². The summed E-state index contributed by atoms with van der Waals surface area (Å²) in [7, 11) is 0. The highest BCUT2D eigenvalue weighted by atomic mass is 16.5. The fourth-order valence-electron chi connectivity index (χ4n) is 1.74. The van der Waals surface area contributed by atoms with Gasteiger partial charge in [-0.3, -0.25) is 4.68 Å². The van der Waals surface area contributed by atoms with Crippen molar-refractivity contribution in [3.63, 3.8) is 0 Å². The van der Waals surface area contributed by atoms with Crippen molar-refractivity contribution in [2.24, 2.45) is 0 Å². The SMILES string of the molecule is CCn1nc(N)cc1COc1ccccc1C. The summed E-state index contributed by atoms with van der Waals surface area (Å²) in [5.74, 6) is 1.44. The van der Waals surface area contributed by atoms with Crippen LogP contribution < -0.4 is 10.5 Å². The smallest absolute Gasteiger partial charge is 0.145 e. The third-order valence-electron chi connectivity index (χ3n) is 2.65. The number of nitrogen functional groups attached to an aromatic ring is 1. The number of nitrogens with two attached hydrogens (primary N) is 1. The van der Waals surface area contributed by atoms with Crippen LogP contribution in [0.5, 0.6) is 5.75 Å². The van der Waals surface area contributed by atoms with Crippen molar-refractivity contribution in [2.75, 3.05) is 5.73 Å². The molecular formula is C13H17N3O. The molecule has 0 aliphatic carbocycles. The van der Waals surface area contributed by atoms with Gasteiger partial charge in [0.2, 0.25) is 0 Å². The average molecular weight is 231 g/mol. The van der Waals surface area contributed by atoms with Gasteiger partial charge >= 0.3 is 0 Å². The van der Waals surface area contributed by atoms with Crippen LogP contribution in [-0.2, 0) is 13.2 Å². The van der Waals surface area contributed by atoms with Crippen LogP contribution >= 0.6 is 0 Å². The van der Waals surface area contributed by atoms with Crippen molar-refractivity contribution in [2.45, 2.75) is 27.0 Å². The zero-order valence-corrected chi connectivity index (χ0v) is 10.2. The largest absolute Gasteiger partial charge is 0.487 e. The van der Waals surface area contributed by atoms with Crippen molar-refractivity contribution < 1.29 is 4.74 Å². The van der Waals surface area contributed by atoms with E-state index in [0.29, 0.717) is 12.4 Å². The Morgan fingerprint density at radius 1 is 1.35 bits per heavy atom. The van der Waals surface area contributed by atoms with Crippen LogP contribution in [0.3, 0.4) is 0 Å². The third kappa shape index (κ3) is 2.58. The van der Waals surface area contributed by atoms with Gasteiger partial charge in [0.15, 0.2) is 0 Å². The highest BCUT2D eigenvalue weighted by molar-refractivity contribution is 5.33. The summed E-state index contributed by atoms with van der Waals surface area (Å²) in [6, 6.07) is 9.80. The first kappa shape index (κ1) is 11.5. The number of ether oxygens (including phenoxy) is 1. The Hall–Kier alpha value is -1.97. The van der Waals surface area contributed by atoms with Gasteiger partial charge in [0.25, 0.3) is 0 Å². The molecule has 4 nitrogen and oxygen atoms in total. The maximum atomic E-state index is 5.76. The van der Waals surface area contributed by atoms with Gasteiger partial charge in [-0.2, -0.15) is 5.10 Å². The lowest BCUT2D eigenvalue weighted by atomic mass is 10.2. The topological polar surface area (TPSA) is 53.1 Å². The predicted octanol–water partition coefficient (Wildman–Crippen LogP) is 2.37. The maximum absolute atomic E-state index is 5.76. The quantitative estimate of drug-likeness (QED) is 0.878. The van der Waals surface area contributed by atoms with E-state index in [-0.39, 0.29) is 0 Å². The molecular weight excluding hydrogens is 214 g/mol. The van der Waals surface area contributed by atoms with Crippen LogP contribution in [0.4, 0.5) is 5.82 Å². The maximum Gasteiger partial charge on any atom is 0.145 e. The van der Waals surface area contributed by atoms with Crippen molar-refractivity contribution >= 4 is 5.82 Å². The number of nitrogens with zero attached hydrogens (tertiary/aromatic N) is 2. The first-order chi connectivity index (χ1) is 8.20. The van der Waals surface area contributed by atoms with Gasteiger partial charge in [-0.15, -0.1) is 0 Å². The average Bonchev–Trinajstić information content (AvgIpc) is 2.69. The minimum Gasteiger partial charge on any atom is -0.487 e. The molecule has 1 aromatic heterocycles. The Balaban J connectivity index is 2.09. The molecule has 90 valence electrons. The molecule has 2 aromatic rings. The van der Waals surface area contributed by atoms with E-state index < -0.39 is 0 Å². The van der Waals surface area contributed by atoms with Crippen LogP contribution in [0.25, 0.3) is 0 Å².